The SMILES string of the molecule is CCCC(=C[SiH2]C(OC)OC)C(=O)O. The van der Waals surface area contributed by atoms with Crippen LogP contribution in [0.1, 0.15) is 19.8 Å². The Bertz CT molecular complexity index is 199. The van der Waals surface area contributed by atoms with E-state index in [1.807, 2.05) is 6.92 Å². The second-order valence-corrected chi connectivity index (χ2v) is 4.47. The van der Waals surface area contributed by atoms with E-state index in [0.717, 1.165) is 6.42 Å². The van der Waals surface area contributed by atoms with E-state index in [1.165, 1.54) is 0 Å². The first-order valence-corrected chi connectivity index (χ1v) is 6.26. The molecule has 0 saturated carbocycles. The largest absolute Gasteiger partial charge is 0.478 e. The number of carboxylic acids is 1. The van der Waals surface area contributed by atoms with Gasteiger partial charge >= 0.3 is 5.97 Å². The standard InChI is InChI=1S/C9H18O4Si/c1-4-5-7(8(10)11)6-14-9(12-2)13-3/h6,9H,4-5,14H2,1-3H3,(H,10,11). The molecule has 0 aromatic carbocycles. The van der Waals surface area contributed by atoms with Gasteiger partial charge in [0.15, 0.2) is 0 Å². The predicted molar refractivity (Wildman–Crippen MR) is 57.0 cm³/mol. The molecule has 0 heterocycles. The highest BCUT2D eigenvalue weighted by Gasteiger charge is 2.08. The summed E-state index contributed by atoms with van der Waals surface area (Å²) >= 11 is 0. The molecule has 0 unspecified atom stereocenters. The maximum Gasteiger partial charge on any atom is 0.330 e. The number of carbonyl (C=O) groups is 1. The van der Waals surface area contributed by atoms with Crippen LogP contribution in [0.3, 0.4) is 0 Å². The molecule has 0 radical (unpaired) electrons. The second-order valence-electron chi connectivity index (χ2n) is 2.92. The van der Waals surface area contributed by atoms with Gasteiger partial charge in [0.05, 0.1) is 0 Å². The Hall–Kier alpha value is -0.653. The molecule has 0 spiro atoms. The van der Waals surface area contributed by atoms with Crippen molar-refractivity contribution in [3.8, 4) is 0 Å². The predicted octanol–water partition coefficient (Wildman–Crippen LogP) is 0.500. The van der Waals surface area contributed by atoms with E-state index >= 15 is 0 Å². The molecule has 0 aromatic heterocycles. The third kappa shape index (κ3) is 5.16. The van der Waals surface area contributed by atoms with Gasteiger partial charge in [-0.2, -0.15) is 0 Å². The normalized spacial score (nSPS) is 13.0. The van der Waals surface area contributed by atoms with Crippen LogP contribution in [0.25, 0.3) is 0 Å². The highest BCUT2D eigenvalue weighted by molar-refractivity contribution is 6.44. The van der Waals surface area contributed by atoms with Crippen molar-refractivity contribution in [1.29, 1.82) is 0 Å². The van der Waals surface area contributed by atoms with Crippen LogP contribution in [0, 0.1) is 0 Å². The van der Waals surface area contributed by atoms with Crippen molar-refractivity contribution in [1.82, 2.24) is 0 Å². The van der Waals surface area contributed by atoms with E-state index in [0.29, 0.717) is 12.0 Å². The Balaban J connectivity index is 4.20. The summed E-state index contributed by atoms with van der Waals surface area (Å²) < 4.78 is 10.0. The lowest BCUT2D eigenvalue weighted by Gasteiger charge is -2.10. The van der Waals surface area contributed by atoms with E-state index < -0.39 is 15.5 Å². The van der Waals surface area contributed by atoms with Gasteiger partial charge in [-0.3, -0.25) is 0 Å². The fourth-order valence-corrected chi connectivity index (χ4v) is 2.33. The lowest BCUT2D eigenvalue weighted by atomic mass is 10.2. The summed E-state index contributed by atoms with van der Waals surface area (Å²) in [5.74, 6) is -1.05. The molecular formula is C9H18O4Si. The Kier molecular flexibility index (Phi) is 7.36. The Morgan fingerprint density at radius 3 is 2.43 bits per heavy atom. The monoisotopic (exact) mass is 218 g/mol. The van der Waals surface area contributed by atoms with Gasteiger partial charge < -0.3 is 14.6 Å². The first-order chi connectivity index (χ1) is 6.65. The summed E-state index contributed by atoms with van der Waals surface area (Å²) in [6.45, 7) is 1.96. The van der Waals surface area contributed by atoms with Gasteiger partial charge in [-0.25, -0.2) is 4.79 Å². The molecule has 0 aliphatic carbocycles. The molecule has 14 heavy (non-hydrogen) atoms. The third-order valence-corrected chi connectivity index (χ3v) is 3.66. The summed E-state index contributed by atoms with van der Waals surface area (Å²) in [5.41, 5.74) is 2.28. The maximum absolute atomic E-state index is 10.8. The van der Waals surface area contributed by atoms with E-state index in [2.05, 4.69) is 0 Å². The van der Waals surface area contributed by atoms with Crippen molar-refractivity contribution >= 4 is 15.5 Å². The van der Waals surface area contributed by atoms with Crippen LogP contribution in [0.4, 0.5) is 0 Å². The molecule has 1 N–H and O–H groups in total. The molecule has 0 atom stereocenters. The zero-order chi connectivity index (χ0) is 11.0. The van der Waals surface area contributed by atoms with Crippen LogP contribution in [0.2, 0.25) is 0 Å². The topological polar surface area (TPSA) is 55.8 Å². The summed E-state index contributed by atoms with van der Waals surface area (Å²) in [4.78, 5) is 10.8. The molecule has 0 aromatic rings. The fraction of sp³-hybridized carbons (Fsp3) is 0.667. The maximum atomic E-state index is 10.8. The number of ether oxygens (including phenoxy) is 2. The average molecular weight is 218 g/mol. The summed E-state index contributed by atoms with van der Waals surface area (Å²) in [6, 6.07) is 0. The molecule has 82 valence electrons. The molecule has 4 nitrogen and oxygen atoms in total. The lowest BCUT2D eigenvalue weighted by molar-refractivity contribution is -0.132. The molecule has 0 rings (SSSR count). The number of methoxy groups -OCH3 is 2. The number of aliphatic carboxylic acids is 1. The molecule has 0 aliphatic rings. The third-order valence-electron chi connectivity index (χ3n) is 1.88. The second kappa shape index (κ2) is 7.72. The van der Waals surface area contributed by atoms with Crippen molar-refractivity contribution in [2.24, 2.45) is 0 Å². The van der Waals surface area contributed by atoms with Crippen LogP contribution in [-0.2, 0) is 14.3 Å². The van der Waals surface area contributed by atoms with Crippen molar-refractivity contribution in [2.75, 3.05) is 14.2 Å². The first kappa shape index (κ1) is 13.3. The van der Waals surface area contributed by atoms with Crippen molar-refractivity contribution in [3.05, 3.63) is 11.3 Å². The van der Waals surface area contributed by atoms with Crippen molar-refractivity contribution in [3.63, 3.8) is 0 Å². The fourth-order valence-electron chi connectivity index (χ4n) is 1.09. The van der Waals surface area contributed by atoms with Gasteiger partial charge in [-0.15, -0.1) is 0 Å². The number of hydrogen-bond donors (Lipinski definition) is 1. The Morgan fingerprint density at radius 1 is 1.50 bits per heavy atom. The molecule has 0 bridgehead atoms. The summed E-state index contributed by atoms with van der Waals surface area (Å²) in [6.07, 6.45) is 1.46. The van der Waals surface area contributed by atoms with Gasteiger partial charge in [0.1, 0.15) is 15.4 Å². The molecule has 0 fully saturated rings. The molecule has 0 saturated heterocycles. The van der Waals surface area contributed by atoms with Gasteiger partial charge in [0.25, 0.3) is 0 Å². The first-order valence-electron chi connectivity index (χ1n) is 4.63. The number of hydrogen-bond acceptors (Lipinski definition) is 3. The van der Waals surface area contributed by atoms with Gasteiger partial charge in [-0.1, -0.05) is 19.0 Å². The van der Waals surface area contributed by atoms with E-state index in [9.17, 15) is 4.79 Å². The highest BCUT2D eigenvalue weighted by Crippen LogP contribution is 2.04. The quantitative estimate of drug-likeness (QED) is 0.384. The van der Waals surface area contributed by atoms with Crippen LogP contribution < -0.4 is 0 Å². The average Bonchev–Trinajstić information content (AvgIpc) is 2.17. The smallest absolute Gasteiger partial charge is 0.330 e. The van der Waals surface area contributed by atoms with E-state index in [4.69, 9.17) is 14.6 Å². The van der Waals surface area contributed by atoms with E-state index in [-0.39, 0.29) is 5.91 Å². The Labute approximate surface area is 86.7 Å². The zero-order valence-corrected chi connectivity index (χ0v) is 10.4. The highest BCUT2D eigenvalue weighted by atomic mass is 28.2. The summed E-state index contributed by atoms with van der Waals surface area (Å²) in [7, 11) is 2.36. The minimum Gasteiger partial charge on any atom is -0.478 e. The van der Waals surface area contributed by atoms with E-state index in [1.54, 1.807) is 19.9 Å². The van der Waals surface area contributed by atoms with Crippen LogP contribution >= 0.6 is 0 Å². The van der Waals surface area contributed by atoms with Crippen LogP contribution in [-0.4, -0.2) is 40.7 Å². The number of rotatable bonds is 7. The zero-order valence-electron chi connectivity index (χ0n) is 8.95. The molecular weight excluding hydrogens is 200 g/mol. The number of carboxylic acid groups (broad SMARTS) is 1. The Morgan fingerprint density at radius 2 is 2.07 bits per heavy atom. The minimum atomic E-state index is -0.828. The van der Waals surface area contributed by atoms with Crippen LogP contribution in [0.5, 0.6) is 0 Å². The van der Waals surface area contributed by atoms with Gasteiger partial charge in [0, 0.05) is 19.8 Å². The molecule has 0 aliphatic heterocycles. The molecule has 0 amide bonds. The van der Waals surface area contributed by atoms with Gasteiger partial charge in [-0.05, 0) is 6.42 Å². The minimum absolute atomic E-state index is 0.221. The van der Waals surface area contributed by atoms with Crippen LogP contribution in [0.15, 0.2) is 11.3 Å². The van der Waals surface area contributed by atoms with Crippen molar-refractivity contribution in [2.45, 2.75) is 25.7 Å². The molecule has 5 heteroatoms. The van der Waals surface area contributed by atoms with Crippen molar-refractivity contribution < 1.29 is 19.4 Å². The lowest BCUT2D eigenvalue weighted by Crippen LogP contribution is -2.21. The van der Waals surface area contributed by atoms with Gasteiger partial charge in [0.2, 0.25) is 0 Å². The summed E-state index contributed by atoms with van der Waals surface area (Å²) in [5, 5.41) is 8.83.